The van der Waals surface area contributed by atoms with Crippen LogP contribution in [0.4, 0.5) is 0 Å². The molecule has 0 spiro atoms. The molecule has 8 heteroatoms. The smallest absolute Gasteiger partial charge is 0.264 e. The Balaban J connectivity index is 1.52. The van der Waals surface area contributed by atoms with E-state index in [0.717, 1.165) is 56.9 Å². The second-order valence-electron chi connectivity index (χ2n) is 9.23. The zero-order chi connectivity index (χ0) is 22.6. The van der Waals surface area contributed by atoms with Crippen molar-refractivity contribution >= 4 is 33.1 Å². The number of pyridine rings is 1. The van der Waals surface area contributed by atoms with E-state index in [2.05, 4.69) is 48.8 Å². The maximum Gasteiger partial charge on any atom is 0.264 e. The zero-order valence-electron chi connectivity index (χ0n) is 19.1. The molecule has 4 aromatic heterocycles. The summed E-state index contributed by atoms with van der Waals surface area (Å²) in [5, 5.41) is 4.32. The Morgan fingerprint density at radius 2 is 2.19 bits per heavy atom. The predicted molar refractivity (Wildman–Crippen MR) is 129 cm³/mol. The standard InChI is InChI=1S/C24H30N6OS/c1-5-15-6-7-29(11-17(15)25)24(31)19-9-18-22(32-19)20(13(2)3)21(28-18)16-8-14(4)23-26-12-27-30(23)10-16/h8-10,12-13,15,17,28H,5-7,11,25H2,1-4H3/t15-,17-/m0/s1. The van der Waals surface area contributed by atoms with Gasteiger partial charge in [-0.1, -0.05) is 27.2 Å². The number of hydrogen-bond acceptors (Lipinski definition) is 5. The number of amides is 1. The summed E-state index contributed by atoms with van der Waals surface area (Å²) in [5.74, 6) is 0.916. The summed E-state index contributed by atoms with van der Waals surface area (Å²) in [6, 6.07) is 4.22. The fourth-order valence-corrected chi connectivity index (χ4v) is 6.27. The number of aromatic amines is 1. The van der Waals surface area contributed by atoms with Crippen LogP contribution < -0.4 is 5.73 Å². The third-order valence-corrected chi connectivity index (χ3v) is 7.92. The highest BCUT2D eigenvalue weighted by Crippen LogP contribution is 2.40. The van der Waals surface area contributed by atoms with Crippen molar-refractivity contribution in [2.45, 2.75) is 52.5 Å². The lowest BCUT2D eigenvalue weighted by Crippen LogP contribution is -2.50. The molecular weight excluding hydrogens is 420 g/mol. The van der Waals surface area contributed by atoms with Gasteiger partial charge in [0.25, 0.3) is 5.91 Å². The van der Waals surface area contributed by atoms with E-state index in [-0.39, 0.29) is 11.9 Å². The zero-order valence-corrected chi connectivity index (χ0v) is 19.9. The van der Waals surface area contributed by atoms with Crippen LogP contribution in [0.3, 0.4) is 0 Å². The van der Waals surface area contributed by atoms with Crippen molar-refractivity contribution in [3.8, 4) is 11.3 Å². The quantitative estimate of drug-likeness (QED) is 0.476. The minimum atomic E-state index is 0.0651. The molecule has 1 saturated heterocycles. The normalized spacial score (nSPS) is 19.5. The minimum Gasteiger partial charge on any atom is -0.354 e. The first-order valence-electron chi connectivity index (χ1n) is 11.4. The molecule has 7 nitrogen and oxygen atoms in total. The van der Waals surface area contributed by atoms with E-state index in [1.54, 1.807) is 17.7 Å². The summed E-state index contributed by atoms with van der Waals surface area (Å²) in [7, 11) is 0. The number of carbonyl (C=O) groups is 1. The van der Waals surface area contributed by atoms with Crippen LogP contribution >= 0.6 is 11.3 Å². The predicted octanol–water partition coefficient (Wildman–Crippen LogP) is 4.57. The van der Waals surface area contributed by atoms with Gasteiger partial charge in [-0.25, -0.2) is 9.50 Å². The van der Waals surface area contributed by atoms with Crippen LogP contribution in [-0.2, 0) is 0 Å². The molecular formula is C24H30N6OS. The van der Waals surface area contributed by atoms with E-state index < -0.39 is 0 Å². The summed E-state index contributed by atoms with van der Waals surface area (Å²) in [5.41, 5.74) is 12.7. The topological polar surface area (TPSA) is 92.3 Å². The van der Waals surface area contributed by atoms with Crippen molar-refractivity contribution in [2.24, 2.45) is 11.7 Å². The highest BCUT2D eigenvalue weighted by atomic mass is 32.1. The Kier molecular flexibility index (Phi) is 5.29. The Hall–Kier alpha value is -2.71. The maximum atomic E-state index is 13.3. The number of fused-ring (bicyclic) bond motifs is 2. The lowest BCUT2D eigenvalue weighted by atomic mass is 9.90. The molecule has 168 valence electrons. The van der Waals surface area contributed by atoms with Crippen molar-refractivity contribution in [3.05, 3.63) is 40.7 Å². The van der Waals surface area contributed by atoms with Crippen LogP contribution in [0, 0.1) is 12.8 Å². The van der Waals surface area contributed by atoms with Gasteiger partial charge in [0, 0.05) is 30.9 Å². The molecule has 0 saturated carbocycles. The Morgan fingerprint density at radius 1 is 1.38 bits per heavy atom. The molecule has 2 atom stereocenters. The number of piperidine rings is 1. The van der Waals surface area contributed by atoms with Gasteiger partial charge in [0.15, 0.2) is 5.65 Å². The molecule has 0 aromatic carbocycles. The summed E-state index contributed by atoms with van der Waals surface area (Å²) < 4.78 is 2.98. The molecule has 0 aliphatic carbocycles. The number of likely N-dealkylation sites (tertiary alicyclic amines) is 1. The molecule has 0 unspecified atom stereocenters. The number of thiophene rings is 1. The highest BCUT2D eigenvalue weighted by Gasteiger charge is 2.30. The molecule has 5 heterocycles. The molecule has 32 heavy (non-hydrogen) atoms. The number of H-pyrrole nitrogens is 1. The van der Waals surface area contributed by atoms with Crippen LogP contribution in [0.1, 0.15) is 60.3 Å². The number of nitrogens with one attached hydrogen (secondary N) is 1. The molecule has 0 radical (unpaired) electrons. The average molecular weight is 451 g/mol. The van der Waals surface area contributed by atoms with Crippen LogP contribution in [-0.4, -0.2) is 49.5 Å². The number of aromatic nitrogens is 4. The molecule has 1 amide bonds. The van der Waals surface area contributed by atoms with Gasteiger partial charge >= 0.3 is 0 Å². The van der Waals surface area contributed by atoms with Gasteiger partial charge in [-0.05, 0) is 48.4 Å². The number of nitrogens with zero attached hydrogens (tertiary/aromatic N) is 4. The monoisotopic (exact) mass is 450 g/mol. The van der Waals surface area contributed by atoms with E-state index in [0.29, 0.717) is 18.4 Å². The first-order valence-corrected chi connectivity index (χ1v) is 12.2. The summed E-state index contributed by atoms with van der Waals surface area (Å²) in [4.78, 5) is 23.9. The van der Waals surface area contributed by atoms with Crippen molar-refractivity contribution < 1.29 is 4.79 Å². The van der Waals surface area contributed by atoms with Crippen molar-refractivity contribution in [3.63, 3.8) is 0 Å². The highest BCUT2D eigenvalue weighted by molar-refractivity contribution is 7.21. The van der Waals surface area contributed by atoms with Gasteiger partial charge < -0.3 is 15.6 Å². The van der Waals surface area contributed by atoms with Gasteiger partial charge in [-0.3, -0.25) is 4.79 Å². The molecule has 5 rings (SSSR count). The number of aryl methyl sites for hydroxylation is 1. The van der Waals surface area contributed by atoms with Gasteiger partial charge in [0.1, 0.15) is 6.33 Å². The van der Waals surface area contributed by atoms with Crippen LogP contribution in [0.2, 0.25) is 0 Å². The van der Waals surface area contributed by atoms with Crippen molar-refractivity contribution in [1.82, 2.24) is 24.5 Å². The SMILES string of the molecule is CC[C@H]1CCN(C(=O)c2cc3[nH]c(-c4cc(C)c5ncnn5c4)c(C(C)C)c3s2)C[C@@H]1N. The fourth-order valence-electron chi connectivity index (χ4n) is 4.99. The molecule has 3 N–H and O–H groups in total. The van der Waals surface area contributed by atoms with Crippen molar-refractivity contribution in [1.29, 1.82) is 0 Å². The Bertz CT molecular complexity index is 1300. The second kappa shape index (κ2) is 8.01. The maximum absolute atomic E-state index is 13.3. The second-order valence-corrected chi connectivity index (χ2v) is 10.3. The first-order chi connectivity index (χ1) is 15.4. The Morgan fingerprint density at radius 3 is 2.91 bits per heavy atom. The molecule has 0 bridgehead atoms. The van der Waals surface area contributed by atoms with E-state index in [1.165, 1.54) is 5.56 Å². The molecule has 1 aliphatic rings. The lowest BCUT2D eigenvalue weighted by Gasteiger charge is -2.36. The number of rotatable bonds is 4. The minimum absolute atomic E-state index is 0.0651. The van der Waals surface area contributed by atoms with Gasteiger partial charge in [-0.2, -0.15) is 5.10 Å². The summed E-state index contributed by atoms with van der Waals surface area (Å²) in [6.45, 7) is 10.1. The summed E-state index contributed by atoms with van der Waals surface area (Å²) >= 11 is 1.59. The van der Waals surface area contributed by atoms with Crippen LogP contribution in [0.5, 0.6) is 0 Å². The van der Waals surface area contributed by atoms with Crippen LogP contribution in [0.25, 0.3) is 27.1 Å². The molecule has 1 aliphatic heterocycles. The van der Waals surface area contributed by atoms with E-state index in [1.807, 2.05) is 21.7 Å². The van der Waals surface area contributed by atoms with Gasteiger partial charge in [-0.15, -0.1) is 11.3 Å². The Labute approximate surface area is 191 Å². The third kappa shape index (κ3) is 3.42. The van der Waals surface area contributed by atoms with E-state index >= 15 is 0 Å². The van der Waals surface area contributed by atoms with Crippen LogP contribution in [0.15, 0.2) is 24.7 Å². The molecule has 4 aromatic rings. The molecule has 1 fully saturated rings. The van der Waals surface area contributed by atoms with Gasteiger partial charge in [0.2, 0.25) is 0 Å². The third-order valence-electron chi connectivity index (χ3n) is 6.76. The number of carbonyl (C=O) groups excluding carboxylic acids is 1. The average Bonchev–Trinajstić information content (AvgIpc) is 3.46. The first kappa shape index (κ1) is 21.2. The van der Waals surface area contributed by atoms with E-state index in [4.69, 9.17) is 5.73 Å². The summed E-state index contributed by atoms with van der Waals surface area (Å²) in [6.07, 6.45) is 5.65. The largest absolute Gasteiger partial charge is 0.354 e. The van der Waals surface area contributed by atoms with Gasteiger partial charge in [0.05, 0.1) is 20.8 Å². The fraction of sp³-hybridized carbons (Fsp3) is 0.458. The lowest BCUT2D eigenvalue weighted by molar-refractivity contribution is 0.0666. The van der Waals surface area contributed by atoms with E-state index in [9.17, 15) is 4.79 Å². The number of hydrogen-bond donors (Lipinski definition) is 2. The number of nitrogens with two attached hydrogens (primary N) is 1. The van der Waals surface area contributed by atoms with Crippen molar-refractivity contribution in [2.75, 3.05) is 13.1 Å².